The largest absolute Gasteiger partial charge is 0.315 e. The lowest BCUT2D eigenvalue weighted by Crippen LogP contribution is -2.48. The first-order valence-corrected chi connectivity index (χ1v) is 6.46. The van der Waals surface area contributed by atoms with E-state index in [1.807, 2.05) is 0 Å². The number of likely N-dealkylation sites (tertiary alicyclic amines) is 1. The summed E-state index contributed by atoms with van der Waals surface area (Å²) in [4.78, 5) is 5.20. The zero-order chi connectivity index (χ0) is 10.7. The summed E-state index contributed by atoms with van der Waals surface area (Å²) >= 11 is 0. The average Bonchev–Trinajstić information content (AvgIpc) is 2.75. The van der Waals surface area contributed by atoms with Gasteiger partial charge in [-0.05, 0) is 52.5 Å². The van der Waals surface area contributed by atoms with Gasteiger partial charge in [0, 0.05) is 18.6 Å². The molecule has 0 saturated carbocycles. The Hall–Kier alpha value is -0.120. The van der Waals surface area contributed by atoms with Gasteiger partial charge in [0.25, 0.3) is 0 Å². The Balaban J connectivity index is 1.88. The van der Waals surface area contributed by atoms with Gasteiger partial charge in [-0.2, -0.15) is 0 Å². The summed E-state index contributed by atoms with van der Waals surface area (Å²) < 4.78 is 0. The minimum atomic E-state index is 0.809. The molecule has 0 aromatic heterocycles. The molecule has 3 nitrogen and oxygen atoms in total. The Labute approximate surface area is 93.8 Å². The maximum atomic E-state index is 3.48. The Morgan fingerprint density at radius 2 is 1.93 bits per heavy atom. The van der Waals surface area contributed by atoms with Crippen molar-refractivity contribution in [1.29, 1.82) is 0 Å². The van der Waals surface area contributed by atoms with Crippen molar-refractivity contribution < 1.29 is 0 Å². The van der Waals surface area contributed by atoms with Crippen LogP contribution in [0.2, 0.25) is 0 Å². The SMILES string of the molecule is CCN(C1CCN(C)CC1)C1CCNC1. The van der Waals surface area contributed by atoms with Crippen molar-refractivity contribution in [3.8, 4) is 0 Å². The molecular formula is C12H25N3. The smallest absolute Gasteiger partial charge is 0.0235 e. The summed E-state index contributed by atoms with van der Waals surface area (Å²) in [5, 5.41) is 3.48. The number of rotatable bonds is 3. The average molecular weight is 211 g/mol. The zero-order valence-electron chi connectivity index (χ0n) is 10.2. The summed E-state index contributed by atoms with van der Waals surface area (Å²) in [7, 11) is 2.24. The molecule has 0 aromatic carbocycles. The second-order valence-corrected chi connectivity index (χ2v) is 5.01. The molecule has 1 N–H and O–H groups in total. The van der Waals surface area contributed by atoms with Crippen molar-refractivity contribution >= 4 is 0 Å². The molecule has 0 amide bonds. The van der Waals surface area contributed by atoms with Gasteiger partial charge in [-0.1, -0.05) is 6.92 Å². The van der Waals surface area contributed by atoms with Crippen molar-refractivity contribution in [3.05, 3.63) is 0 Å². The van der Waals surface area contributed by atoms with Gasteiger partial charge in [-0.15, -0.1) is 0 Å². The number of piperidine rings is 1. The third-order valence-corrected chi connectivity index (χ3v) is 4.03. The van der Waals surface area contributed by atoms with E-state index in [9.17, 15) is 0 Å². The summed E-state index contributed by atoms with van der Waals surface area (Å²) in [5.74, 6) is 0. The van der Waals surface area contributed by atoms with Crippen molar-refractivity contribution in [2.24, 2.45) is 0 Å². The van der Waals surface area contributed by atoms with E-state index in [0.717, 1.165) is 12.1 Å². The van der Waals surface area contributed by atoms with Crippen LogP contribution in [-0.2, 0) is 0 Å². The van der Waals surface area contributed by atoms with Crippen LogP contribution in [0.5, 0.6) is 0 Å². The summed E-state index contributed by atoms with van der Waals surface area (Å²) in [5.41, 5.74) is 0. The van der Waals surface area contributed by atoms with E-state index in [1.54, 1.807) is 0 Å². The van der Waals surface area contributed by atoms with Gasteiger partial charge in [0.05, 0.1) is 0 Å². The van der Waals surface area contributed by atoms with E-state index in [0.29, 0.717) is 0 Å². The molecule has 2 rings (SSSR count). The lowest BCUT2D eigenvalue weighted by molar-refractivity contribution is 0.0931. The number of nitrogens with one attached hydrogen (secondary N) is 1. The highest BCUT2D eigenvalue weighted by molar-refractivity contribution is 4.87. The quantitative estimate of drug-likeness (QED) is 0.744. The van der Waals surface area contributed by atoms with Crippen molar-refractivity contribution in [2.75, 3.05) is 39.8 Å². The number of likely N-dealkylation sites (N-methyl/N-ethyl adjacent to an activating group) is 1. The maximum Gasteiger partial charge on any atom is 0.0235 e. The molecule has 1 unspecified atom stereocenters. The van der Waals surface area contributed by atoms with Crippen LogP contribution in [0.15, 0.2) is 0 Å². The van der Waals surface area contributed by atoms with Gasteiger partial charge in [0.2, 0.25) is 0 Å². The Morgan fingerprint density at radius 3 is 2.47 bits per heavy atom. The van der Waals surface area contributed by atoms with Gasteiger partial charge < -0.3 is 10.2 Å². The van der Waals surface area contributed by atoms with Gasteiger partial charge in [0.1, 0.15) is 0 Å². The third kappa shape index (κ3) is 2.71. The molecule has 0 aromatic rings. The molecule has 0 bridgehead atoms. The Bertz CT molecular complexity index is 181. The lowest BCUT2D eigenvalue weighted by Gasteiger charge is -2.39. The van der Waals surface area contributed by atoms with E-state index in [2.05, 4.69) is 29.1 Å². The molecule has 2 fully saturated rings. The van der Waals surface area contributed by atoms with Crippen molar-refractivity contribution in [3.63, 3.8) is 0 Å². The molecule has 0 spiro atoms. The van der Waals surface area contributed by atoms with Crippen molar-refractivity contribution in [2.45, 2.75) is 38.3 Å². The molecule has 0 radical (unpaired) electrons. The highest BCUT2D eigenvalue weighted by Crippen LogP contribution is 2.20. The van der Waals surface area contributed by atoms with Crippen LogP contribution in [-0.4, -0.2) is 61.7 Å². The van der Waals surface area contributed by atoms with E-state index in [4.69, 9.17) is 0 Å². The van der Waals surface area contributed by atoms with Crippen LogP contribution in [0.1, 0.15) is 26.2 Å². The fourth-order valence-electron chi connectivity index (χ4n) is 3.06. The minimum Gasteiger partial charge on any atom is -0.315 e. The van der Waals surface area contributed by atoms with Gasteiger partial charge >= 0.3 is 0 Å². The summed E-state index contributed by atoms with van der Waals surface area (Å²) in [6.07, 6.45) is 4.07. The summed E-state index contributed by atoms with van der Waals surface area (Å²) in [6, 6.07) is 1.65. The van der Waals surface area contributed by atoms with Gasteiger partial charge in [-0.3, -0.25) is 4.90 Å². The number of hydrogen-bond donors (Lipinski definition) is 1. The van der Waals surface area contributed by atoms with E-state index < -0.39 is 0 Å². The maximum absolute atomic E-state index is 3.48. The zero-order valence-corrected chi connectivity index (χ0v) is 10.2. The molecule has 2 aliphatic heterocycles. The molecule has 15 heavy (non-hydrogen) atoms. The molecule has 0 aliphatic carbocycles. The molecule has 3 heteroatoms. The highest BCUT2D eigenvalue weighted by Gasteiger charge is 2.29. The fourth-order valence-corrected chi connectivity index (χ4v) is 3.06. The van der Waals surface area contributed by atoms with E-state index in [-0.39, 0.29) is 0 Å². The van der Waals surface area contributed by atoms with Crippen LogP contribution < -0.4 is 5.32 Å². The molecule has 2 aliphatic rings. The van der Waals surface area contributed by atoms with Gasteiger partial charge in [-0.25, -0.2) is 0 Å². The van der Waals surface area contributed by atoms with Crippen LogP contribution in [0.4, 0.5) is 0 Å². The first kappa shape index (κ1) is 11.4. The second-order valence-electron chi connectivity index (χ2n) is 5.01. The topological polar surface area (TPSA) is 18.5 Å². The Kier molecular flexibility index (Phi) is 4.00. The standard InChI is InChI=1S/C12H25N3/c1-3-15(12-4-7-13-10-12)11-5-8-14(2)9-6-11/h11-13H,3-10H2,1-2H3. The van der Waals surface area contributed by atoms with Crippen LogP contribution in [0.3, 0.4) is 0 Å². The molecule has 88 valence electrons. The van der Waals surface area contributed by atoms with E-state index >= 15 is 0 Å². The number of hydrogen-bond acceptors (Lipinski definition) is 3. The fraction of sp³-hybridized carbons (Fsp3) is 1.00. The molecule has 1 atom stereocenters. The monoisotopic (exact) mass is 211 g/mol. The summed E-state index contributed by atoms with van der Waals surface area (Å²) in [6.45, 7) is 8.52. The molecule has 2 heterocycles. The number of nitrogens with zero attached hydrogens (tertiary/aromatic N) is 2. The predicted octanol–water partition coefficient (Wildman–Crippen LogP) is 0.764. The van der Waals surface area contributed by atoms with Crippen LogP contribution >= 0.6 is 0 Å². The van der Waals surface area contributed by atoms with Crippen molar-refractivity contribution in [1.82, 2.24) is 15.1 Å². The second kappa shape index (κ2) is 5.28. The predicted molar refractivity (Wildman–Crippen MR) is 64.2 cm³/mol. The molecular weight excluding hydrogens is 186 g/mol. The van der Waals surface area contributed by atoms with E-state index in [1.165, 1.54) is 52.0 Å². The first-order chi connectivity index (χ1) is 7.31. The lowest BCUT2D eigenvalue weighted by atomic mass is 10.0. The third-order valence-electron chi connectivity index (χ3n) is 4.03. The minimum absolute atomic E-state index is 0.809. The van der Waals surface area contributed by atoms with Crippen LogP contribution in [0, 0.1) is 0 Å². The van der Waals surface area contributed by atoms with Crippen LogP contribution in [0.25, 0.3) is 0 Å². The normalized spacial score (nSPS) is 30.2. The first-order valence-electron chi connectivity index (χ1n) is 6.46. The molecule has 2 saturated heterocycles. The van der Waals surface area contributed by atoms with Gasteiger partial charge in [0.15, 0.2) is 0 Å². The highest BCUT2D eigenvalue weighted by atomic mass is 15.2. The Morgan fingerprint density at radius 1 is 1.20 bits per heavy atom.